The number of Topliss-reactive ketones (excluding diaryl/α,β-unsaturated/α-hetero) is 2. The summed E-state index contributed by atoms with van der Waals surface area (Å²) in [5.41, 5.74) is 6.68. The molecule has 1 N–H and O–H groups in total. The minimum absolute atomic E-state index is 0.0784. The Labute approximate surface area is 237 Å². The predicted octanol–water partition coefficient (Wildman–Crippen LogP) is 6.64. The van der Waals surface area contributed by atoms with Gasteiger partial charge in [0.2, 0.25) is 0 Å². The fraction of sp³-hybridized carbons (Fsp3) is 0.441. The van der Waals surface area contributed by atoms with Gasteiger partial charge in [-0.3, -0.25) is 14.4 Å². The molecular weight excluding hydrogens is 500 g/mol. The van der Waals surface area contributed by atoms with Gasteiger partial charge in [-0.2, -0.15) is 0 Å². The zero-order valence-electron chi connectivity index (χ0n) is 24.7. The first-order valence-corrected chi connectivity index (χ1v) is 14.1. The van der Waals surface area contributed by atoms with Gasteiger partial charge >= 0.3 is 0 Å². The van der Waals surface area contributed by atoms with Crippen LogP contribution in [0.4, 0.5) is 5.69 Å². The van der Waals surface area contributed by atoms with E-state index >= 15 is 0 Å². The van der Waals surface area contributed by atoms with Crippen LogP contribution < -0.4 is 10.1 Å². The number of benzene rings is 2. The zero-order valence-corrected chi connectivity index (χ0v) is 24.7. The van der Waals surface area contributed by atoms with Crippen molar-refractivity contribution in [2.45, 2.75) is 73.1 Å². The summed E-state index contributed by atoms with van der Waals surface area (Å²) in [6.07, 6.45) is 2.38. The molecule has 6 nitrogen and oxygen atoms in total. The number of carbonyl (C=O) groups is 3. The normalized spacial score (nSPS) is 20.3. The maximum Gasteiger partial charge on any atom is 0.262 e. The van der Waals surface area contributed by atoms with Gasteiger partial charge in [-0.25, -0.2) is 0 Å². The van der Waals surface area contributed by atoms with Crippen molar-refractivity contribution in [3.63, 3.8) is 0 Å². The first-order chi connectivity index (χ1) is 18.8. The molecule has 210 valence electrons. The van der Waals surface area contributed by atoms with Crippen molar-refractivity contribution in [1.29, 1.82) is 0 Å². The highest BCUT2D eigenvalue weighted by Gasteiger charge is 2.48. The van der Waals surface area contributed by atoms with E-state index in [9.17, 15) is 14.4 Å². The van der Waals surface area contributed by atoms with Crippen LogP contribution in [0.3, 0.4) is 0 Å². The van der Waals surface area contributed by atoms with Crippen LogP contribution in [0.5, 0.6) is 5.75 Å². The van der Waals surface area contributed by atoms with Gasteiger partial charge in [-0.05, 0) is 55.2 Å². The topological polar surface area (TPSA) is 75.7 Å². The third-order valence-electron chi connectivity index (χ3n) is 8.42. The molecule has 1 amide bonds. The fourth-order valence-electron chi connectivity index (χ4n) is 6.61. The molecule has 0 saturated carbocycles. The Morgan fingerprint density at radius 1 is 0.900 bits per heavy atom. The van der Waals surface area contributed by atoms with E-state index in [2.05, 4.69) is 37.9 Å². The van der Waals surface area contributed by atoms with Crippen LogP contribution in [0.25, 0.3) is 0 Å². The highest BCUT2D eigenvalue weighted by molar-refractivity contribution is 6.07. The van der Waals surface area contributed by atoms with Crippen molar-refractivity contribution in [3.8, 4) is 5.75 Å². The number of rotatable bonds is 5. The fourth-order valence-corrected chi connectivity index (χ4v) is 6.61. The summed E-state index contributed by atoms with van der Waals surface area (Å²) in [5, 5.41) is 2.94. The molecule has 0 radical (unpaired) electrons. The minimum Gasteiger partial charge on any atom is -0.483 e. The number of hydrogen-bond acceptors (Lipinski definition) is 5. The molecule has 0 saturated heterocycles. The number of hydrogen-bond donors (Lipinski definition) is 1. The van der Waals surface area contributed by atoms with Crippen molar-refractivity contribution in [2.24, 2.45) is 10.8 Å². The lowest BCUT2D eigenvalue weighted by Crippen LogP contribution is -2.43. The largest absolute Gasteiger partial charge is 0.483 e. The Balaban J connectivity index is 1.53. The molecule has 6 heteroatoms. The van der Waals surface area contributed by atoms with E-state index in [1.165, 1.54) is 0 Å². The van der Waals surface area contributed by atoms with Gasteiger partial charge in [0.1, 0.15) is 5.75 Å². The summed E-state index contributed by atoms with van der Waals surface area (Å²) >= 11 is 0. The van der Waals surface area contributed by atoms with Crippen LogP contribution >= 0.6 is 0 Å². The molecule has 5 rings (SSSR count). The van der Waals surface area contributed by atoms with E-state index in [0.717, 1.165) is 46.6 Å². The van der Waals surface area contributed by atoms with Gasteiger partial charge < -0.3 is 15.0 Å². The van der Waals surface area contributed by atoms with Gasteiger partial charge in [0.15, 0.2) is 18.2 Å². The van der Waals surface area contributed by atoms with Crippen LogP contribution in [-0.2, 0) is 14.4 Å². The molecule has 0 fully saturated rings. The molecule has 0 unspecified atom stereocenters. The summed E-state index contributed by atoms with van der Waals surface area (Å²) in [5.74, 6) is -0.103. The van der Waals surface area contributed by atoms with E-state index in [0.29, 0.717) is 29.7 Å². The van der Waals surface area contributed by atoms with Gasteiger partial charge in [0.25, 0.3) is 5.91 Å². The van der Waals surface area contributed by atoms with Gasteiger partial charge in [-0.1, -0.05) is 63.6 Å². The van der Waals surface area contributed by atoms with E-state index in [-0.39, 0.29) is 34.9 Å². The van der Waals surface area contributed by atoms with E-state index in [1.807, 2.05) is 63.4 Å². The Morgan fingerprint density at radius 3 is 2.05 bits per heavy atom. The first kappa shape index (κ1) is 27.9. The Hall–Kier alpha value is -3.67. The monoisotopic (exact) mass is 540 g/mol. The number of para-hydroxylation sites is 1. The SMILES string of the molecule is Cc1ccc(NC(=O)COc2ccccc2C2C3=C(CC(C)(C)CC3=O)N(C)C3=C2C(=O)CC(C)(C)C3)c(C)c1. The van der Waals surface area contributed by atoms with Crippen molar-refractivity contribution in [3.05, 3.63) is 81.7 Å². The van der Waals surface area contributed by atoms with E-state index in [4.69, 9.17) is 4.74 Å². The summed E-state index contributed by atoms with van der Waals surface area (Å²) in [7, 11) is 2.00. The van der Waals surface area contributed by atoms with Crippen LogP contribution in [-0.4, -0.2) is 36.0 Å². The van der Waals surface area contributed by atoms with Gasteiger partial charge in [0.05, 0.1) is 0 Å². The van der Waals surface area contributed by atoms with E-state index < -0.39 is 5.92 Å². The second kappa shape index (κ2) is 10.1. The Morgan fingerprint density at radius 2 is 1.48 bits per heavy atom. The third-order valence-corrected chi connectivity index (χ3v) is 8.42. The minimum atomic E-state index is -0.507. The second-order valence-corrected chi connectivity index (χ2v) is 13.3. The molecule has 3 aliphatic rings. The molecule has 0 atom stereocenters. The molecule has 0 bridgehead atoms. The predicted molar refractivity (Wildman–Crippen MR) is 157 cm³/mol. The lowest BCUT2D eigenvalue weighted by molar-refractivity contribution is -0.120. The van der Waals surface area contributed by atoms with Crippen LogP contribution in [0.15, 0.2) is 65.0 Å². The highest BCUT2D eigenvalue weighted by Crippen LogP contribution is 2.54. The number of carbonyl (C=O) groups excluding carboxylic acids is 3. The molecule has 2 aromatic carbocycles. The highest BCUT2D eigenvalue weighted by atomic mass is 16.5. The number of nitrogens with zero attached hydrogens (tertiary/aromatic N) is 1. The van der Waals surface area contributed by atoms with Crippen LogP contribution in [0.2, 0.25) is 0 Å². The van der Waals surface area contributed by atoms with Crippen molar-refractivity contribution in [1.82, 2.24) is 4.90 Å². The molecule has 0 spiro atoms. The first-order valence-electron chi connectivity index (χ1n) is 14.1. The number of amides is 1. The number of ether oxygens (including phenoxy) is 1. The maximum atomic E-state index is 13.8. The lowest BCUT2D eigenvalue weighted by atomic mass is 9.63. The molecule has 2 aliphatic carbocycles. The second-order valence-electron chi connectivity index (χ2n) is 13.3. The van der Waals surface area contributed by atoms with Crippen LogP contribution in [0.1, 0.15) is 76.0 Å². The van der Waals surface area contributed by atoms with Gasteiger partial charge in [0, 0.05) is 59.6 Å². The molecule has 40 heavy (non-hydrogen) atoms. The smallest absolute Gasteiger partial charge is 0.262 e. The van der Waals surface area contributed by atoms with Crippen LogP contribution in [0, 0.1) is 24.7 Å². The van der Waals surface area contributed by atoms with E-state index in [1.54, 1.807) is 0 Å². The Kier molecular flexibility index (Phi) is 7.01. The number of allylic oxidation sites excluding steroid dienone is 4. The maximum absolute atomic E-state index is 13.8. The lowest BCUT2D eigenvalue weighted by Gasteiger charge is -2.48. The standard InChI is InChI=1S/C34H40N2O4/c1-20-12-13-23(21(2)14-20)35-29(39)19-40-28-11-9-8-10-22(28)30-31-24(15-33(3,4)17-26(31)37)36(7)25-16-34(5,6)18-27(38)32(25)30/h8-14,30H,15-19H2,1-7H3,(H,35,39). The molecule has 1 aliphatic heterocycles. The number of aryl methyl sites for hydroxylation is 2. The average Bonchev–Trinajstić information content (AvgIpc) is 2.85. The van der Waals surface area contributed by atoms with Crippen molar-refractivity contribution in [2.75, 3.05) is 19.0 Å². The summed E-state index contributed by atoms with van der Waals surface area (Å²) < 4.78 is 6.13. The zero-order chi connectivity index (χ0) is 29.0. The van der Waals surface area contributed by atoms with Crippen molar-refractivity contribution >= 4 is 23.2 Å². The molecular formula is C34H40N2O4. The summed E-state index contributed by atoms with van der Waals surface area (Å²) in [6, 6.07) is 13.4. The van der Waals surface area contributed by atoms with Crippen molar-refractivity contribution < 1.29 is 19.1 Å². The number of anilines is 1. The Bertz CT molecular complexity index is 1420. The summed E-state index contributed by atoms with van der Waals surface area (Å²) in [6.45, 7) is 12.3. The molecule has 1 heterocycles. The average molecular weight is 541 g/mol. The number of ketones is 2. The quantitative estimate of drug-likeness (QED) is 0.460. The molecule has 0 aromatic heterocycles. The molecule has 2 aromatic rings. The number of nitrogens with one attached hydrogen (secondary N) is 1. The third kappa shape index (κ3) is 5.24. The summed E-state index contributed by atoms with van der Waals surface area (Å²) in [4.78, 5) is 42.6. The van der Waals surface area contributed by atoms with Gasteiger partial charge in [-0.15, -0.1) is 0 Å².